The van der Waals surface area contributed by atoms with Gasteiger partial charge in [-0.15, -0.1) is 0 Å². The molecule has 0 aliphatic heterocycles. The molecule has 1 aromatic heterocycles. The van der Waals surface area contributed by atoms with Crippen molar-refractivity contribution in [1.29, 1.82) is 0 Å². The number of aryl methyl sites for hydroxylation is 2. The summed E-state index contributed by atoms with van der Waals surface area (Å²) in [5.41, 5.74) is 2.09. The number of hydrogen-bond acceptors (Lipinski definition) is 6. The first-order chi connectivity index (χ1) is 11.4. The summed E-state index contributed by atoms with van der Waals surface area (Å²) in [5.74, 6) is 1.39. The Morgan fingerprint density at radius 3 is 2.71 bits per heavy atom. The number of nitrogens with one attached hydrogen (secondary N) is 1. The second-order valence-corrected chi connectivity index (χ2v) is 5.52. The van der Waals surface area contributed by atoms with Crippen molar-refractivity contribution in [1.82, 2.24) is 10.5 Å². The Balaban J connectivity index is 2.10. The maximum atomic E-state index is 12.0. The van der Waals surface area contributed by atoms with Crippen molar-refractivity contribution in [3.05, 3.63) is 40.8 Å². The molecule has 7 heteroatoms. The number of amides is 1. The Morgan fingerprint density at radius 2 is 2.12 bits per heavy atom. The van der Waals surface area contributed by atoms with Crippen molar-refractivity contribution in [2.45, 2.75) is 33.5 Å². The summed E-state index contributed by atoms with van der Waals surface area (Å²) in [5, 5.41) is 15.7. The fourth-order valence-electron chi connectivity index (χ4n) is 2.13. The molecule has 2 rings (SSSR count). The molecule has 0 bridgehead atoms. The molecule has 2 N–H and O–H groups in total. The van der Waals surface area contributed by atoms with Crippen LogP contribution in [0.2, 0.25) is 0 Å². The van der Waals surface area contributed by atoms with E-state index in [1.54, 1.807) is 25.1 Å². The second-order valence-electron chi connectivity index (χ2n) is 5.52. The van der Waals surface area contributed by atoms with Gasteiger partial charge in [0.25, 0.3) is 5.91 Å². The van der Waals surface area contributed by atoms with E-state index in [4.69, 9.17) is 14.0 Å². The third kappa shape index (κ3) is 4.26. The minimum Gasteiger partial charge on any atom is -0.493 e. The van der Waals surface area contributed by atoms with Gasteiger partial charge in [-0.1, -0.05) is 5.16 Å². The third-order valence-electron chi connectivity index (χ3n) is 3.54. The summed E-state index contributed by atoms with van der Waals surface area (Å²) in [6.45, 7) is 5.76. The van der Waals surface area contributed by atoms with Crippen molar-refractivity contribution < 1.29 is 23.9 Å². The molecule has 24 heavy (non-hydrogen) atoms. The molecule has 2 aromatic rings. The number of benzene rings is 1. The topological polar surface area (TPSA) is 93.8 Å². The first kappa shape index (κ1) is 17.8. The summed E-state index contributed by atoms with van der Waals surface area (Å²) in [4.78, 5) is 12.0. The lowest BCUT2D eigenvalue weighted by atomic mass is 10.2. The summed E-state index contributed by atoms with van der Waals surface area (Å²) in [6, 6.07) is 4.91. The lowest BCUT2D eigenvalue weighted by Gasteiger charge is -2.12. The van der Waals surface area contributed by atoms with Gasteiger partial charge in [0.15, 0.2) is 11.5 Å². The van der Waals surface area contributed by atoms with Gasteiger partial charge < -0.3 is 24.4 Å². The molecule has 7 nitrogen and oxygen atoms in total. The Morgan fingerprint density at radius 1 is 1.38 bits per heavy atom. The van der Waals surface area contributed by atoms with E-state index in [2.05, 4.69) is 10.5 Å². The van der Waals surface area contributed by atoms with E-state index in [-0.39, 0.29) is 12.5 Å². The maximum Gasteiger partial charge on any atom is 0.251 e. The van der Waals surface area contributed by atoms with Crippen molar-refractivity contribution in [3.8, 4) is 11.5 Å². The lowest BCUT2D eigenvalue weighted by molar-refractivity contribution is 0.0923. The molecule has 1 unspecified atom stereocenters. The standard InChI is InChI=1S/C17H22N2O5/c1-10(20)8-18-17(21)13-5-6-15(16(7-13)22-4)23-9-14-11(2)19-24-12(14)3/h5-7,10,20H,8-9H2,1-4H3,(H,18,21). The first-order valence-electron chi connectivity index (χ1n) is 7.61. The summed E-state index contributed by atoms with van der Waals surface area (Å²) >= 11 is 0. The zero-order valence-corrected chi connectivity index (χ0v) is 14.3. The molecule has 0 fully saturated rings. The summed E-state index contributed by atoms with van der Waals surface area (Å²) < 4.78 is 16.2. The molecule has 0 radical (unpaired) electrons. The van der Waals surface area contributed by atoms with E-state index in [0.717, 1.165) is 11.3 Å². The number of nitrogens with zero attached hydrogens (tertiary/aromatic N) is 1. The summed E-state index contributed by atoms with van der Waals surface area (Å²) in [6.07, 6.45) is -0.603. The molecule has 0 aliphatic rings. The quantitative estimate of drug-likeness (QED) is 0.804. The number of carbonyl (C=O) groups is 1. The molecule has 1 heterocycles. The van der Waals surface area contributed by atoms with Crippen LogP contribution in [0.5, 0.6) is 11.5 Å². The van der Waals surface area contributed by atoms with Gasteiger partial charge in [0.1, 0.15) is 12.4 Å². The fourth-order valence-corrected chi connectivity index (χ4v) is 2.13. The monoisotopic (exact) mass is 334 g/mol. The maximum absolute atomic E-state index is 12.0. The van der Waals surface area contributed by atoms with Gasteiger partial charge in [-0.25, -0.2) is 0 Å². The largest absolute Gasteiger partial charge is 0.493 e. The molecule has 1 aromatic carbocycles. The molecule has 130 valence electrons. The number of aliphatic hydroxyl groups is 1. The molecule has 0 spiro atoms. The van der Waals surface area contributed by atoms with E-state index >= 15 is 0 Å². The van der Waals surface area contributed by atoms with Crippen LogP contribution in [0, 0.1) is 13.8 Å². The van der Waals surface area contributed by atoms with Crippen LogP contribution in [-0.2, 0) is 6.61 Å². The highest BCUT2D eigenvalue weighted by Crippen LogP contribution is 2.29. The Bertz CT molecular complexity index is 690. The van der Waals surface area contributed by atoms with Crippen molar-refractivity contribution in [2.24, 2.45) is 0 Å². The van der Waals surface area contributed by atoms with Crippen molar-refractivity contribution in [3.63, 3.8) is 0 Å². The smallest absolute Gasteiger partial charge is 0.251 e. The predicted molar refractivity (Wildman–Crippen MR) is 87.3 cm³/mol. The highest BCUT2D eigenvalue weighted by Gasteiger charge is 2.14. The van der Waals surface area contributed by atoms with Crippen molar-refractivity contribution in [2.75, 3.05) is 13.7 Å². The van der Waals surface area contributed by atoms with E-state index < -0.39 is 6.10 Å². The molecule has 1 atom stereocenters. The van der Waals surface area contributed by atoms with Gasteiger partial charge in [0, 0.05) is 12.1 Å². The average molecular weight is 334 g/mol. The SMILES string of the molecule is COc1cc(C(=O)NCC(C)O)ccc1OCc1c(C)noc1C. The molecular formula is C17H22N2O5. The number of methoxy groups -OCH3 is 1. The minimum absolute atomic E-state index is 0.186. The Labute approximate surface area is 140 Å². The highest BCUT2D eigenvalue weighted by molar-refractivity contribution is 5.94. The lowest BCUT2D eigenvalue weighted by Crippen LogP contribution is -2.30. The van der Waals surface area contributed by atoms with Crippen LogP contribution in [-0.4, -0.2) is 35.9 Å². The fraction of sp³-hybridized carbons (Fsp3) is 0.412. The van der Waals surface area contributed by atoms with Crippen LogP contribution in [0.4, 0.5) is 0 Å². The number of carbonyl (C=O) groups excluding carboxylic acids is 1. The number of rotatable bonds is 7. The number of aromatic nitrogens is 1. The van der Waals surface area contributed by atoms with Crippen LogP contribution < -0.4 is 14.8 Å². The average Bonchev–Trinajstić information content (AvgIpc) is 2.88. The predicted octanol–water partition coefficient (Wildman–Crippen LogP) is 1.99. The van der Waals surface area contributed by atoms with Crippen LogP contribution in [0.3, 0.4) is 0 Å². The normalized spacial score (nSPS) is 11.9. The van der Waals surface area contributed by atoms with Gasteiger partial charge in [-0.05, 0) is 39.0 Å². The molecule has 0 aliphatic carbocycles. The van der Waals surface area contributed by atoms with Gasteiger partial charge in [0.2, 0.25) is 0 Å². The van der Waals surface area contributed by atoms with Crippen LogP contribution in [0.25, 0.3) is 0 Å². The Hall–Kier alpha value is -2.54. The van der Waals surface area contributed by atoms with Gasteiger partial charge in [0.05, 0.1) is 24.5 Å². The number of hydrogen-bond donors (Lipinski definition) is 2. The third-order valence-corrected chi connectivity index (χ3v) is 3.54. The van der Waals surface area contributed by atoms with E-state index in [1.165, 1.54) is 7.11 Å². The number of ether oxygens (including phenoxy) is 2. The molecule has 1 amide bonds. The second kappa shape index (κ2) is 7.83. The van der Waals surface area contributed by atoms with Gasteiger partial charge in [-0.3, -0.25) is 4.79 Å². The van der Waals surface area contributed by atoms with E-state index in [1.807, 2.05) is 13.8 Å². The van der Waals surface area contributed by atoms with Crippen LogP contribution in [0.15, 0.2) is 22.7 Å². The van der Waals surface area contributed by atoms with Crippen molar-refractivity contribution >= 4 is 5.91 Å². The molecule has 0 saturated heterocycles. The Kier molecular flexibility index (Phi) is 5.81. The van der Waals surface area contributed by atoms with Crippen LogP contribution >= 0.6 is 0 Å². The minimum atomic E-state index is -0.603. The molecular weight excluding hydrogens is 312 g/mol. The van der Waals surface area contributed by atoms with E-state index in [0.29, 0.717) is 29.4 Å². The number of aliphatic hydroxyl groups excluding tert-OH is 1. The first-order valence-corrected chi connectivity index (χ1v) is 7.61. The van der Waals surface area contributed by atoms with Gasteiger partial charge in [-0.2, -0.15) is 0 Å². The summed E-state index contributed by atoms with van der Waals surface area (Å²) in [7, 11) is 1.51. The highest BCUT2D eigenvalue weighted by atomic mass is 16.5. The van der Waals surface area contributed by atoms with E-state index in [9.17, 15) is 9.90 Å². The molecule has 0 saturated carbocycles. The van der Waals surface area contributed by atoms with Gasteiger partial charge >= 0.3 is 0 Å². The zero-order valence-electron chi connectivity index (χ0n) is 14.3. The zero-order chi connectivity index (χ0) is 17.7. The van der Waals surface area contributed by atoms with Crippen LogP contribution in [0.1, 0.15) is 34.3 Å².